The van der Waals surface area contributed by atoms with Gasteiger partial charge in [0.2, 0.25) is 0 Å². The standard InChI is InChI=1S/C19H20N4O5S/c1-2-28-15-5-3-13(4-6-15)17(24)10-22-12-20-18-16(19(22)25)9-21-23(18)14-7-8-29(26,27)11-14/h3-6,9,12,14H,2,7-8,10-11H2,1H3. The molecule has 3 aromatic rings. The molecule has 0 spiro atoms. The van der Waals surface area contributed by atoms with Crippen molar-refractivity contribution < 1.29 is 17.9 Å². The molecule has 3 heterocycles. The Morgan fingerprint density at radius 2 is 2.03 bits per heavy atom. The van der Waals surface area contributed by atoms with E-state index >= 15 is 0 Å². The Morgan fingerprint density at radius 3 is 2.69 bits per heavy atom. The van der Waals surface area contributed by atoms with Crippen LogP contribution < -0.4 is 10.3 Å². The SMILES string of the molecule is CCOc1ccc(C(=O)Cn2cnc3c(cnn3C3CCS(=O)(=O)C3)c2=O)cc1. The number of rotatable bonds is 6. The van der Waals surface area contributed by atoms with E-state index in [0.29, 0.717) is 30.0 Å². The summed E-state index contributed by atoms with van der Waals surface area (Å²) in [4.78, 5) is 29.6. The fraction of sp³-hybridized carbons (Fsp3) is 0.368. The summed E-state index contributed by atoms with van der Waals surface area (Å²) in [7, 11) is -3.09. The van der Waals surface area contributed by atoms with Crippen molar-refractivity contribution in [2.45, 2.75) is 25.9 Å². The monoisotopic (exact) mass is 416 g/mol. The normalized spacial score (nSPS) is 18.2. The summed E-state index contributed by atoms with van der Waals surface area (Å²) < 4.78 is 31.6. The summed E-state index contributed by atoms with van der Waals surface area (Å²) in [6.07, 6.45) is 3.13. The highest BCUT2D eigenvalue weighted by atomic mass is 32.2. The van der Waals surface area contributed by atoms with Crippen molar-refractivity contribution in [2.75, 3.05) is 18.1 Å². The van der Waals surface area contributed by atoms with Gasteiger partial charge in [0.15, 0.2) is 21.3 Å². The number of nitrogens with zero attached hydrogens (tertiary/aromatic N) is 4. The lowest BCUT2D eigenvalue weighted by atomic mass is 10.1. The Balaban J connectivity index is 1.58. The minimum Gasteiger partial charge on any atom is -0.494 e. The molecule has 2 aromatic heterocycles. The second-order valence-electron chi connectivity index (χ2n) is 6.94. The van der Waals surface area contributed by atoms with Gasteiger partial charge in [-0.3, -0.25) is 14.2 Å². The average molecular weight is 416 g/mol. The van der Waals surface area contributed by atoms with Crippen LogP contribution in [0.4, 0.5) is 0 Å². The highest BCUT2D eigenvalue weighted by Crippen LogP contribution is 2.25. The van der Waals surface area contributed by atoms with E-state index in [9.17, 15) is 18.0 Å². The summed E-state index contributed by atoms with van der Waals surface area (Å²) in [5.41, 5.74) is 0.413. The number of aromatic nitrogens is 4. The Kier molecular flexibility index (Phi) is 4.95. The zero-order chi connectivity index (χ0) is 20.6. The predicted molar refractivity (Wildman–Crippen MR) is 106 cm³/mol. The number of hydrogen-bond acceptors (Lipinski definition) is 7. The maximum atomic E-state index is 12.8. The molecule has 152 valence electrons. The van der Waals surface area contributed by atoms with Crippen molar-refractivity contribution in [3.05, 3.63) is 52.7 Å². The number of ketones is 1. The van der Waals surface area contributed by atoms with E-state index in [0.717, 1.165) is 0 Å². The van der Waals surface area contributed by atoms with Crippen LogP contribution in [0.15, 0.2) is 41.6 Å². The zero-order valence-electron chi connectivity index (χ0n) is 15.8. The summed E-state index contributed by atoms with van der Waals surface area (Å²) in [6.45, 7) is 2.26. The molecule has 0 saturated carbocycles. The molecule has 1 aliphatic heterocycles. The van der Waals surface area contributed by atoms with Gasteiger partial charge >= 0.3 is 0 Å². The Hall–Kier alpha value is -3.01. The van der Waals surface area contributed by atoms with Crippen molar-refractivity contribution >= 4 is 26.7 Å². The number of sulfone groups is 1. The van der Waals surface area contributed by atoms with Gasteiger partial charge in [-0.25, -0.2) is 18.1 Å². The third-order valence-corrected chi connectivity index (χ3v) is 6.69. The van der Waals surface area contributed by atoms with E-state index in [1.807, 2.05) is 6.92 Å². The van der Waals surface area contributed by atoms with E-state index in [1.54, 1.807) is 24.3 Å². The molecule has 0 aliphatic carbocycles. The van der Waals surface area contributed by atoms with Crippen LogP contribution in [0.2, 0.25) is 0 Å². The molecular weight excluding hydrogens is 396 g/mol. The molecule has 1 aromatic carbocycles. The number of fused-ring (bicyclic) bond motifs is 1. The van der Waals surface area contributed by atoms with E-state index < -0.39 is 9.84 Å². The van der Waals surface area contributed by atoms with Crippen LogP contribution in [0.5, 0.6) is 5.75 Å². The highest BCUT2D eigenvalue weighted by Gasteiger charge is 2.31. The molecular formula is C19H20N4O5S. The van der Waals surface area contributed by atoms with E-state index in [1.165, 1.54) is 21.8 Å². The molecule has 1 aliphatic rings. The van der Waals surface area contributed by atoms with Crippen molar-refractivity contribution in [1.82, 2.24) is 19.3 Å². The summed E-state index contributed by atoms with van der Waals surface area (Å²) in [6, 6.07) is 6.40. The van der Waals surface area contributed by atoms with Gasteiger partial charge < -0.3 is 4.74 Å². The lowest BCUT2D eigenvalue weighted by molar-refractivity contribution is 0.0970. The van der Waals surface area contributed by atoms with Crippen LogP contribution >= 0.6 is 0 Å². The first-order valence-electron chi connectivity index (χ1n) is 9.27. The van der Waals surface area contributed by atoms with E-state index in [-0.39, 0.29) is 40.8 Å². The third kappa shape index (κ3) is 3.80. The zero-order valence-corrected chi connectivity index (χ0v) is 16.6. The quantitative estimate of drug-likeness (QED) is 0.556. The van der Waals surface area contributed by atoms with Gasteiger partial charge in [-0.15, -0.1) is 0 Å². The van der Waals surface area contributed by atoms with Crippen molar-refractivity contribution in [2.24, 2.45) is 0 Å². The van der Waals surface area contributed by atoms with Crippen LogP contribution in [-0.2, 0) is 16.4 Å². The van der Waals surface area contributed by atoms with Crippen LogP contribution in [0.1, 0.15) is 29.7 Å². The van der Waals surface area contributed by atoms with E-state index in [4.69, 9.17) is 4.74 Å². The molecule has 4 rings (SSSR count). The molecule has 0 radical (unpaired) electrons. The van der Waals surface area contributed by atoms with Gasteiger partial charge in [0, 0.05) is 5.56 Å². The van der Waals surface area contributed by atoms with Crippen molar-refractivity contribution in [1.29, 1.82) is 0 Å². The molecule has 0 N–H and O–H groups in total. The number of Topliss-reactive ketones (excluding diaryl/α,β-unsaturated/α-hetero) is 1. The number of carbonyl (C=O) groups excluding carboxylic acids is 1. The Labute approximate surface area is 166 Å². The first-order valence-corrected chi connectivity index (χ1v) is 11.1. The molecule has 1 fully saturated rings. The van der Waals surface area contributed by atoms with E-state index in [2.05, 4.69) is 10.1 Å². The molecule has 1 saturated heterocycles. The van der Waals surface area contributed by atoms with Gasteiger partial charge in [-0.2, -0.15) is 5.10 Å². The predicted octanol–water partition coefficient (Wildman–Crippen LogP) is 1.23. The number of hydrogen-bond donors (Lipinski definition) is 0. The van der Waals surface area contributed by atoms with Gasteiger partial charge in [0.1, 0.15) is 17.5 Å². The molecule has 0 bridgehead atoms. The Morgan fingerprint density at radius 1 is 1.28 bits per heavy atom. The topological polar surface area (TPSA) is 113 Å². The summed E-state index contributed by atoms with van der Waals surface area (Å²) >= 11 is 0. The Bertz CT molecular complexity index is 1230. The maximum absolute atomic E-state index is 12.8. The molecule has 0 amide bonds. The average Bonchev–Trinajstić information content (AvgIpc) is 3.28. The van der Waals surface area contributed by atoms with Gasteiger partial charge in [-0.05, 0) is 37.6 Å². The lowest BCUT2D eigenvalue weighted by Crippen LogP contribution is -2.25. The highest BCUT2D eigenvalue weighted by molar-refractivity contribution is 7.91. The molecule has 1 atom stereocenters. The van der Waals surface area contributed by atoms with Crippen LogP contribution in [0, 0.1) is 0 Å². The molecule has 1 unspecified atom stereocenters. The second-order valence-corrected chi connectivity index (χ2v) is 9.17. The van der Waals surface area contributed by atoms with Gasteiger partial charge in [0.05, 0.1) is 36.9 Å². The number of benzene rings is 1. The number of carbonyl (C=O) groups is 1. The fourth-order valence-corrected chi connectivity index (χ4v) is 5.16. The third-order valence-electron chi connectivity index (χ3n) is 4.94. The van der Waals surface area contributed by atoms with Gasteiger partial charge in [-0.1, -0.05) is 0 Å². The van der Waals surface area contributed by atoms with Crippen molar-refractivity contribution in [3.8, 4) is 5.75 Å². The fourth-order valence-electron chi connectivity index (χ4n) is 3.46. The summed E-state index contributed by atoms with van der Waals surface area (Å²) in [5, 5.41) is 4.45. The minimum atomic E-state index is -3.09. The minimum absolute atomic E-state index is 0.00916. The van der Waals surface area contributed by atoms with Crippen molar-refractivity contribution in [3.63, 3.8) is 0 Å². The first-order chi connectivity index (χ1) is 13.9. The maximum Gasteiger partial charge on any atom is 0.264 e. The van der Waals surface area contributed by atoms with Gasteiger partial charge in [0.25, 0.3) is 5.56 Å². The first kappa shape index (κ1) is 19.3. The van der Waals surface area contributed by atoms with Crippen LogP contribution in [0.25, 0.3) is 11.0 Å². The van der Waals surface area contributed by atoms with Crippen LogP contribution in [0.3, 0.4) is 0 Å². The molecule has 29 heavy (non-hydrogen) atoms. The molecule has 10 heteroatoms. The second kappa shape index (κ2) is 7.43. The molecule has 9 nitrogen and oxygen atoms in total. The largest absolute Gasteiger partial charge is 0.494 e. The summed E-state index contributed by atoms with van der Waals surface area (Å²) in [5.74, 6) is 0.536. The smallest absolute Gasteiger partial charge is 0.264 e. The van der Waals surface area contributed by atoms with Crippen LogP contribution in [-0.4, -0.2) is 51.6 Å². The lowest BCUT2D eigenvalue weighted by Gasteiger charge is -2.10. The number of ether oxygens (including phenoxy) is 1.